The molecule has 0 spiro atoms. The second-order valence-corrected chi connectivity index (χ2v) is 4.70. The maximum atomic E-state index is 10.8. The van der Waals surface area contributed by atoms with Gasteiger partial charge < -0.3 is 10.4 Å². The van der Waals surface area contributed by atoms with Gasteiger partial charge >= 0.3 is 5.97 Å². The van der Waals surface area contributed by atoms with Gasteiger partial charge in [-0.25, -0.2) is 0 Å². The van der Waals surface area contributed by atoms with Crippen LogP contribution in [0.15, 0.2) is 0 Å². The molecule has 3 atom stereocenters. The lowest BCUT2D eigenvalue weighted by atomic mass is 9.93. The van der Waals surface area contributed by atoms with Crippen molar-refractivity contribution < 1.29 is 9.90 Å². The molecule has 80 valence electrons. The van der Waals surface area contributed by atoms with Crippen LogP contribution in [-0.2, 0) is 4.79 Å². The number of carboxylic acids is 1. The molecule has 0 aromatic heterocycles. The molecule has 2 saturated carbocycles. The zero-order valence-electron chi connectivity index (χ0n) is 8.70. The molecule has 3 unspecified atom stereocenters. The number of hydrogen-bond acceptors (Lipinski definition) is 2. The van der Waals surface area contributed by atoms with Gasteiger partial charge in [-0.1, -0.05) is 12.8 Å². The third kappa shape index (κ3) is 1.78. The number of rotatable bonds is 4. The molecule has 2 fully saturated rings. The third-order valence-corrected chi connectivity index (χ3v) is 3.86. The second kappa shape index (κ2) is 3.89. The molecule has 0 bridgehead atoms. The van der Waals surface area contributed by atoms with Crippen molar-refractivity contribution in [3.8, 4) is 0 Å². The van der Waals surface area contributed by atoms with E-state index in [4.69, 9.17) is 5.11 Å². The van der Waals surface area contributed by atoms with E-state index in [0.717, 1.165) is 12.3 Å². The van der Waals surface area contributed by atoms with Gasteiger partial charge in [0.2, 0.25) is 0 Å². The van der Waals surface area contributed by atoms with E-state index in [2.05, 4.69) is 5.32 Å². The van der Waals surface area contributed by atoms with Gasteiger partial charge in [-0.3, -0.25) is 4.79 Å². The van der Waals surface area contributed by atoms with Gasteiger partial charge in [-0.05, 0) is 38.1 Å². The quantitative estimate of drug-likeness (QED) is 0.717. The highest BCUT2D eigenvalue weighted by molar-refractivity contribution is 5.73. The fourth-order valence-corrected chi connectivity index (χ4v) is 3.01. The molecule has 0 amide bonds. The Kier molecular flexibility index (Phi) is 2.77. The summed E-state index contributed by atoms with van der Waals surface area (Å²) >= 11 is 0. The fourth-order valence-electron chi connectivity index (χ4n) is 3.01. The fraction of sp³-hybridized carbons (Fsp3) is 0.909. The molecular weight excluding hydrogens is 178 g/mol. The van der Waals surface area contributed by atoms with Gasteiger partial charge in [0, 0.05) is 6.04 Å². The Hall–Kier alpha value is -0.570. The summed E-state index contributed by atoms with van der Waals surface area (Å²) in [5.74, 6) is 0.469. The molecule has 2 rings (SSSR count). The molecule has 3 nitrogen and oxygen atoms in total. The minimum Gasteiger partial charge on any atom is -0.481 e. The Balaban J connectivity index is 1.91. The first kappa shape index (κ1) is 9.97. The van der Waals surface area contributed by atoms with Crippen LogP contribution in [0.3, 0.4) is 0 Å². The van der Waals surface area contributed by atoms with E-state index in [1.165, 1.54) is 25.7 Å². The second-order valence-electron chi connectivity index (χ2n) is 4.70. The van der Waals surface area contributed by atoms with Crippen LogP contribution in [0.1, 0.15) is 32.1 Å². The summed E-state index contributed by atoms with van der Waals surface area (Å²) in [5, 5.41) is 12.2. The first-order valence-corrected chi connectivity index (χ1v) is 5.64. The van der Waals surface area contributed by atoms with E-state index in [1.54, 1.807) is 0 Å². The van der Waals surface area contributed by atoms with E-state index in [0.29, 0.717) is 12.0 Å². The molecule has 0 saturated heterocycles. The standard InChI is InChI=1S/C11H19NO2/c1-12-10(7-4-2-3-5-7)8-6-9(8)11(13)14/h7-10,12H,2-6H2,1H3,(H,13,14). The average Bonchev–Trinajstić information content (AvgIpc) is 2.75. The van der Waals surface area contributed by atoms with Crippen LogP contribution in [-0.4, -0.2) is 24.2 Å². The topological polar surface area (TPSA) is 49.3 Å². The summed E-state index contributed by atoms with van der Waals surface area (Å²) in [6, 6.07) is 0.457. The lowest BCUT2D eigenvalue weighted by Gasteiger charge is -2.22. The van der Waals surface area contributed by atoms with Crippen LogP contribution in [0.25, 0.3) is 0 Å². The molecule has 0 aromatic carbocycles. The van der Waals surface area contributed by atoms with E-state index in [9.17, 15) is 4.79 Å². The van der Waals surface area contributed by atoms with E-state index >= 15 is 0 Å². The van der Waals surface area contributed by atoms with Crippen LogP contribution >= 0.6 is 0 Å². The lowest BCUT2D eigenvalue weighted by Crippen LogP contribution is -2.35. The zero-order chi connectivity index (χ0) is 10.1. The highest BCUT2D eigenvalue weighted by Crippen LogP contribution is 2.46. The van der Waals surface area contributed by atoms with Crippen molar-refractivity contribution in [3.05, 3.63) is 0 Å². The van der Waals surface area contributed by atoms with E-state index in [-0.39, 0.29) is 5.92 Å². The number of carbonyl (C=O) groups is 1. The maximum Gasteiger partial charge on any atom is 0.306 e. The van der Waals surface area contributed by atoms with Gasteiger partial charge in [-0.15, -0.1) is 0 Å². The molecule has 2 aliphatic carbocycles. The van der Waals surface area contributed by atoms with E-state index in [1.807, 2.05) is 7.05 Å². The largest absolute Gasteiger partial charge is 0.481 e. The molecule has 0 radical (unpaired) electrons. The first-order chi connectivity index (χ1) is 6.74. The first-order valence-electron chi connectivity index (χ1n) is 5.64. The summed E-state index contributed by atoms with van der Waals surface area (Å²) in [7, 11) is 1.97. The summed E-state index contributed by atoms with van der Waals surface area (Å²) in [5.41, 5.74) is 0. The smallest absolute Gasteiger partial charge is 0.306 e. The van der Waals surface area contributed by atoms with Gasteiger partial charge in [0.05, 0.1) is 5.92 Å². The van der Waals surface area contributed by atoms with Crippen LogP contribution in [0.4, 0.5) is 0 Å². The van der Waals surface area contributed by atoms with Gasteiger partial charge in [0.1, 0.15) is 0 Å². The van der Waals surface area contributed by atoms with Crippen molar-refractivity contribution in [2.24, 2.45) is 17.8 Å². The number of aliphatic carboxylic acids is 1. The molecular formula is C11H19NO2. The van der Waals surface area contributed by atoms with Crippen LogP contribution in [0.5, 0.6) is 0 Å². The van der Waals surface area contributed by atoms with Gasteiger partial charge in [-0.2, -0.15) is 0 Å². The Labute approximate surface area is 84.9 Å². The van der Waals surface area contributed by atoms with Crippen LogP contribution in [0, 0.1) is 17.8 Å². The molecule has 14 heavy (non-hydrogen) atoms. The molecule has 0 aliphatic heterocycles. The predicted octanol–water partition coefficient (Wildman–Crippen LogP) is 1.49. The number of carboxylic acid groups (broad SMARTS) is 1. The minimum atomic E-state index is -0.603. The summed E-state index contributed by atoms with van der Waals surface area (Å²) in [4.78, 5) is 10.8. The summed E-state index contributed by atoms with van der Waals surface area (Å²) in [6.07, 6.45) is 6.11. The Bertz CT molecular complexity index is 223. The van der Waals surface area contributed by atoms with E-state index < -0.39 is 5.97 Å². The van der Waals surface area contributed by atoms with Crippen LogP contribution < -0.4 is 5.32 Å². The number of hydrogen-bond donors (Lipinski definition) is 2. The number of nitrogens with one attached hydrogen (secondary N) is 1. The SMILES string of the molecule is CNC(C1CCCC1)C1CC1C(=O)O. The minimum absolute atomic E-state index is 0.0620. The predicted molar refractivity (Wildman–Crippen MR) is 54.0 cm³/mol. The normalized spacial score (nSPS) is 34.4. The molecule has 0 aromatic rings. The van der Waals surface area contributed by atoms with Crippen molar-refractivity contribution >= 4 is 5.97 Å². The maximum absolute atomic E-state index is 10.8. The molecule has 2 aliphatic rings. The van der Waals surface area contributed by atoms with Gasteiger partial charge in [0.25, 0.3) is 0 Å². The average molecular weight is 197 g/mol. The van der Waals surface area contributed by atoms with Crippen LogP contribution in [0.2, 0.25) is 0 Å². The zero-order valence-corrected chi connectivity index (χ0v) is 8.70. The van der Waals surface area contributed by atoms with Crippen molar-refractivity contribution in [2.75, 3.05) is 7.05 Å². The molecule has 3 heteroatoms. The lowest BCUT2D eigenvalue weighted by molar-refractivity contribution is -0.139. The summed E-state index contributed by atoms with van der Waals surface area (Å²) in [6.45, 7) is 0. The monoisotopic (exact) mass is 197 g/mol. The highest BCUT2D eigenvalue weighted by Gasteiger charge is 2.49. The highest BCUT2D eigenvalue weighted by atomic mass is 16.4. The van der Waals surface area contributed by atoms with Crippen molar-refractivity contribution in [1.29, 1.82) is 0 Å². The summed E-state index contributed by atoms with van der Waals surface area (Å²) < 4.78 is 0. The van der Waals surface area contributed by atoms with Gasteiger partial charge in [0.15, 0.2) is 0 Å². The van der Waals surface area contributed by atoms with Crippen molar-refractivity contribution in [1.82, 2.24) is 5.32 Å². The Morgan fingerprint density at radius 1 is 1.43 bits per heavy atom. The Morgan fingerprint density at radius 3 is 2.50 bits per heavy atom. The molecule has 0 heterocycles. The Morgan fingerprint density at radius 2 is 2.07 bits per heavy atom. The van der Waals surface area contributed by atoms with Crippen molar-refractivity contribution in [2.45, 2.75) is 38.1 Å². The third-order valence-electron chi connectivity index (χ3n) is 3.86. The molecule has 2 N–H and O–H groups in total. The van der Waals surface area contributed by atoms with Crippen molar-refractivity contribution in [3.63, 3.8) is 0 Å².